The molecule has 2 aromatic rings. The molecule has 20 heavy (non-hydrogen) atoms. The summed E-state index contributed by atoms with van der Waals surface area (Å²) in [4.78, 5) is 14.9. The molecule has 0 radical (unpaired) electrons. The van der Waals surface area contributed by atoms with E-state index < -0.39 is 0 Å². The molecule has 0 aliphatic heterocycles. The third-order valence-electron chi connectivity index (χ3n) is 3.79. The number of carbonyl (C=O) groups is 1. The summed E-state index contributed by atoms with van der Waals surface area (Å²) in [7, 11) is 0. The molecule has 1 heterocycles. The van der Waals surface area contributed by atoms with Crippen molar-refractivity contribution in [1.82, 2.24) is 4.90 Å². The van der Waals surface area contributed by atoms with Crippen molar-refractivity contribution in [3.8, 4) is 0 Å². The smallest absolute Gasteiger partial charge is 0.254 e. The topological polar surface area (TPSA) is 20.3 Å². The van der Waals surface area contributed by atoms with Crippen molar-refractivity contribution < 1.29 is 4.79 Å². The van der Waals surface area contributed by atoms with Crippen LogP contribution < -0.4 is 0 Å². The molecule has 3 heteroatoms. The molecule has 1 aromatic heterocycles. The van der Waals surface area contributed by atoms with E-state index >= 15 is 0 Å². The summed E-state index contributed by atoms with van der Waals surface area (Å²) in [5, 5.41) is 4.20. The van der Waals surface area contributed by atoms with Crippen LogP contribution in [0.2, 0.25) is 0 Å². The SMILES string of the molecule is Cc1ccc(C(=O)N(Cc2ccsc2)C2CC2)c(C)c1. The monoisotopic (exact) mass is 285 g/mol. The maximum Gasteiger partial charge on any atom is 0.254 e. The van der Waals surface area contributed by atoms with Crippen LogP contribution in [0.15, 0.2) is 35.0 Å². The van der Waals surface area contributed by atoms with Gasteiger partial charge in [0.15, 0.2) is 0 Å². The van der Waals surface area contributed by atoms with Gasteiger partial charge >= 0.3 is 0 Å². The lowest BCUT2D eigenvalue weighted by Crippen LogP contribution is -2.32. The van der Waals surface area contributed by atoms with E-state index in [1.807, 2.05) is 24.0 Å². The Morgan fingerprint density at radius 3 is 2.70 bits per heavy atom. The maximum atomic E-state index is 12.8. The highest BCUT2D eigenvalue weighted by atomic mass is 32.1. The normalized spacial score (nSPS) is 14.3. The molecule has 0 spiro atoms. The van der Waals surface area contributed by atoms with E-state index in [1.54, 1.807) is 11.3 Å². The predicted octanol–water partition coefficient (Wildman–Crippen LogP) is 4.17. The highest BCUT2D eigenvalue weighted by Crippen LogP contribution is 2.30. The maximum absolute atomic E-state index is 12.8. The summed E-state index contributed by atoms with van der Waals surface area (Å²) >= 11 is 1.69. The van der Waals surface area contributed by atoms with Crippen LogP contribution in [0.3, 0.4) is 0 Å². The molecule has 1 amide bonds. The molecule has 3 rings (SSSR count). The lowest BCUT2D eigenvalue weighted by molar-refractivity contribution is 0.0729. The molecule has 0 saturated heterocycles. The lowest BCUT2D eigenvalue weighted by Gasteiger charge is -2.23. The Morgan fingerprint density at radius 1 is 1.30 bits per heavy atom. The fourth-order valence-corrected chi connectivity index (χ4v) is 3.20. The Hall–Kier alpha value is -1.61. The molecular weight excluding hydrogens is 266 g/mol. The molecule has 0 N–H and O–H groups in total. The summed E-state index contributed by atoms with van der Waals surface area (Å²) < 4.78 is 0. The molecule has 0 atom stereocenters. The number of hydrogen-bond donors (Lipinski definition) is 0. The van der Waals surface area contributed by atoms with Crippen LogP contribution in [-0.2, 0) is 6.54 Å². The molecule has 1 fully saturated rings. The average molecular weight is 285 g/mol. The van der Waals surface area contributed by atoms with Gasteiger partial charge in [-0.05, 0) is 60.7 Å². The summed E-state index contributed by atoms with van der Waals surface area (Å²) in [6, 6.07) is 8.62. The second-order valence-electron chi connectivity index (χ2n) is 5.61. The molecule has 1 saturated carbocycles. The van der Waals surface area contributed by atoms with Crippen molar-refractivity contribution >= 4 is 17.2 Å². The first-order chi connectivity index (χ1) is 9.65. The Morgan fingerprint density at radius 2 is 2.10 bits per heavy atom. The number of nitrogens with zero attached hydrogens (tertiary/aromatic N) is 1. The van der Waals surface area contributed by atoms with Crippen molar-refractivity contribution in [2.75, 3.05) is 0 Å². The second-order valence-corrected chi connectivity index (χ2v) is 6.39. The van der Waals surface area contributed by atoms with Gasteiger partial charge in [-0.25, -0.2) is 0 Å². The average Bonchev–Trinajstić information content (AvgIpc) is 3.12. The summed E-state index contributed by atoms with van der Waals surface area (Å²) in [6.45, 7) is 4.82. The van der Waals surface area contributed by atoms with Gasteiger partial charge in [0.1, 0.15) is 0 Å². The molecule has 1 aromatic carbocycles. The first-order valence-electron chi connectivity index (χ1n) is 7.04. The fourth-order valence-electron chi connectivity index (χ4n) is 2.54. The van der Waals surface area contributed by atoms with Gasteiger partial charge in [-0.15, -0.1) is 0 Å². The van der Waals surface area contributed by atoms with Crippen LogP contribution in [0.1, 0.15) is 39.9 Å². The van der Waals surface area contributed by atoms with Crippen molar-refractivity contribution in [1.29, 1.82) is 0 Å². The van der Waals surface area contributed by atoms with E-state index in [-0.39, 0.29) is 5.91 Å². The molecule has 2 nitrogen and oxygen atoms in total. The highest BCUT2D eigenvalue weighted by Gasteiger charge is 2.33. The number of thiophene rings is 1. The molecule has 1 aliphatic rings. The summed E-state index contributed by atoms with van der Waals surface area (Å²) in [6.07, 6.45) is 2.28. The molecule has 0 bridgehead atoms. The zero-order chi connectivity index (χ0) is 14.1. The van der Waals surface area contributed by atoms with E-state index in [9.17, 15) is 4.79 Å². The van der Waals surface area contributed by atoms with Gasteiger partial charge in [-0.2, -0.15) is 11.3 Å². The van der Waals surface area contributed by atoms with E-state index in [1.165, 1.54) is 11.1 Å². The van der Waals surface area contributed by atoms with Gasteiger partial charge < -0.3 is 4.90 Å². The van der Waals surface area contributed by atoms with E-state index in [0.717, 1.165) is 30.5 Å². The molecule has 1 aliphatic carbocycles. The number of hydrogen-bond acceptors (Lipinski definition) is 2. The molecule has 104 valence electrons. The minimum Gasteiger partial charge on any atom is -0.331 e. The number of carbonyl (C=O) groups excluding carboxylic acids is 1. The van der Waals surface area contributed by atoms with Crippen LogP contribution >= 0.6 is 11.3 Å². The van der Waals surface area contributed by atoms with Crippen molar-refractivity contribution in [2.24, 2.45) is 0 Å². The predicted molar refractivity (Wildman–Crippen MR) is 83.1 cm³/mol. The van der Waals surface area contributed by atoms with Crippen molar-refractivity contribution in [3.05, 3.63) is 57.3 Å². The zero-order valence-corrected chi connectivity index (χ0v) is 12.7. The first kappa shape index (κ1) is 13.4. The van der Waals surface area contributed by atoms with E-state index in [0.29, 0.717) is 6.04 Å². The number of aryl methyl sites for hydroxylation is 2. The lowest BCUT2D eigenvalue weighted by atomic mass is 10.0. The third-order valence-corrected chi connectivity index (χ3v) is 4.53. The second kappa shape index (κ2) is 5.41. The minimum absolute atomic E-state index is 0.177. The van der Waals surface area contributed by atoms with Crippen molar-refractivity contribution in [2.45, 2.75) is 39.3 Å². The van der Waals surface area contributed by atoms with Gasteiger partial charge in [0, 0.05) is 18.2 Å². The number of amides is 1. The highest BCUT2D eigenvalue weighted by molar-refractivity contribution is 7.07. The molecular formula is C17H19NOS. The number of rotatable bonds is 4. The Balaban J connectivity index is 1.85. The van der Waals surface area contributed by atoms with Crippen LogP contribution in [0.25, 0.3) is 0 Å². The fraction of sp³-hybridized carbons (Fsp3) is 0.353. The Labute approximate surface area is 124 Å². The van der Waals surface area contributed by atoms with Gasteiger partial charge in [-0.1, -0.05) is 17.7 Å². The standard InChI is InChI=1S/C17H19NOS/c1-12-3-6-16(13(2)9-12)17(19)18(15-4-5-15)10-14-7-8-20-11-14/h3,6-9,11,15H,4-5,10H2,1-2H3. The van der Waals surface area contributed by atoms with Gasteiger partial charge in [-0.3, -0.25) is 4.79 Å². The summed E-state index contributed by atoms with van der Waals surface area (Å²) in [5.74, 6) is 0.177. The van der Waals surface area contributed by atoms with Crippen LogP contribution in [0, 0.1) is 13.8 Å². The van der Waals surface area contributed by atoms with Gasteiger partial charge in [0.05, 0.1) is 0 Å². The quantitative estimate of drug-likeness (QED) is 0.825. The molecule has 0 unspecified atom stereocenters. The number of benzene rings is 1. The minimum atomic E-state index is 0.177. The first-order valence-corrected chi connectivity index (χ1v) is 7.99. The van der Waals surface area contributed by atoms with Gasteiger partial charge in [0.25, 0.3) is 5.91 Å². The van der Waals surface area contributed by atoms with Crippen LogP contribution in [-0.4, -0.2) is 16.8 Å². The Kier molecular flexibility index (Phi) is 3.62. The largest absolute Gasteiger partial charge is 0.331 e. The van der Waals surface area contributed by atoms with Crippen LogP contribution in [0.5, 0.6) is 0 Å². The zero-order valence-electron chi connectivity index (χ0n) is 11.9. The van der Waals surface area contributed by atoms with E-state index in [2.05, 4.69) is 29.8 Å². The summed E-state index contributed by atoms with van der Waals surface area (Å²) in [5.41, 5.74) is 4.36. The Bertz CT molecular complexity index is 614. The van der Waals surface area contributed by atoms with E-state index in [4.69, 9.17) is 0 Å². The van der Waals surface area contributed by atoms with Gasteiger partial charge in [0.2, 0.25) is 0 Å². The third kappa shape index (κ3) is 2.78. The van der Waals surface area contributed by atoms with Crippen LogP contribution in [0.4, 0.5) is 0 Å². The van der Waals surface area contributed by atoms with Crippen molar-refractivity contribution in [3.63, 3.8) is 0 Å².